The second-order valence-corrected chi connectivity index (χ2v) is 2.58. The standard InChI is InChI=1S/C8H16N4O2.2ClH/c1-9-7(13)3-5-11-12-6-4-8(14)10-2;;/h3-6H2,1-2H3,(H,9,13)(H,10,14);2*1H. The third-order valence-corrected chi connectivity index (χ3v) is 1.54. The van der Waals surface area contributed by atoms with E-state index in [9.17, 15) is 9.59 Å². The minimum atomic E-state index is -0.0600. The van der Waals surface area contributed by atoms with Crippen molar-refractivity contribution in [2.75, 3.05) is 27.2 Å². The summed E-state index contributed by atoms with van der Waals surface area (Å²) in [5, 5.41) is 12.5. The van der Waals surface area contributed by atoms with Crippen molar-refractivity contribution >= 4 is 36.6 Å². The number of nitrogens with zero attached hydrogens (tertiary/aromatic N) is 2. The van der Waals surface area contributed by atoms with Crippen LogP contribution < -0.4 is 10.6 Å². The summed E-state index contributed by atoms with van der Waals surface area (Å²) in [7, 11) is 3.15. The minimum Gasteiger partial charge on any atom is -0.359 e. The van der Waals surface area contributed by atoms with Crippen molar-refractivity contribution in [3.63, 3.8) is 0 Å². The number of halogens is 2. The van der Waals surface area contributed by atoms with E-state index in [1.165, 1.54) is 0 Å². The van der Waals surface area contributed by atoms with Crippen LogP contribution in [0.3, 0.4) is 0 Å². The zero-order valence-electron chi connectivity index (χ0n) is 9.36. The van der Waals surface area contributed by atoms with Crippen LogP contribution in [-0.4, -0.2) is 39.0 Å². The molecule has 0 spiro atoms. The molecule has 2 N–H and O–H groups in total. The number of hydrogen-bond acceptors (Lipinski definition) is 4. The second kappa shape index (κ2) is 14.1. The fourth-order valence-electron chi connectivity index (χ4n) is 0.695. The number of rotatable bonds is 6. The van der Waals surface area contributed by atoms with E-state index in [1.807, 2.05) is 0 Å². The average Bonchev–Trinajstić information content (AvgIpc) is 2.22. The Labute approximate surface area is 107 Å². The van der Waals surface area contributed by atoms with E-state index in [-0.39, 0.29) is 36.6 Å². The van der Waals surface area contributed by atoms with Gasteiger partial charge in [-0.25, -0.2) is 0 Å². The van der Waals surface area contributed by atoms with Crippen LogP contribution in [0, 0.1) is 0 Å². The molecule has 0 rings (SSSR count). The van der Waals surface area contributed by atoms with E-state index >= 15 is 0 Å². The maximum Gasteiger partial charge on any atom is 0.221 e. The number of carbonyl (C=O) groups excluding carboxylic acids is 2. The van der Waals surface area contributed by atoms with Crippen LogP contribution in [0.25, 0.3) is 0 Å². The first-order chi connectivity index (χ1) is 6.70. The molecule has 0 atom stereocenters. The van der Waals surface area contributed by atoms with Gasteiger partial charge in [0.2, 0.25) is 11.8 Å². The molecule has 0 aliphatic rings. The molecule has 0 radical (unpaired) electrons. The first-order valence-electron chi connectivity index (χ1n) is 4.45. The molecule has 0 aromatic heterocycles. The molecular formula is C8H18Cl2N4O2. The number of azo groups is 1. The maximum atomic E-state index is 10.7. The minimum absolute atomic E-state index is 0. The zero-order chi connectivity index (χ0) is 10.8. The quantitative estimate of drug-likeness (QED) is 0.693. The highest BCUT2D eigenvalue weighted by molar-refractivity contribution is 5.85. The lowest BCUT2D eigenvalue weighted by Crippen LogP contribution is -2.18. The molecule has 16 heavy (non-hydrogen) atoms. The van der Waals surface area contributed by atoms with Gasteiger partial charge >= 0.3 is 0 Å². The number of amides is 2. The molecular weight excluding hydrogens is 255 g/mol. The first-order valence-corrected chi connectivity index (χ1v) is 4.45. The fraction of sp³-hybridized carbons (Fsp3) is 0.750. The molecule has 0 fully saturated rings. The van der Waals surface area contributed by atoms with Crippen molar-refractivity contribution in [3.05, 3.63) is 0 Å². The van der Waals surface area contributed by atoms with Gasteiger partial charge in [0.15, 0.2) is 0 Å². The molecule has 2 amide bonds. The number of hydrogen-bond donors (Lipinski definition) is 2. The van der Waals surface area contributed by atoms with Crippen molar-refractivity contribution in [3.8, 4) is 0 Å². The molecule has 0 saturated carbocycles. The highest BCUT2D eigenvalue weighted by atomic mass is 35.5. The highest BCUT2D eigenvalue weighted by Gasteiger charge is 1.96. The van der Waals surface area contributed by atoms with Gasteiger partial charge < -0.3 is 10.6 Å². The summed E-state index contributed by atoms with van der Waals surface area (Å²) in [4.78, 5) is 21.4. The summed E-state index contributed by atoms with van der Waals surface area (Å²) in [5.74, 6) is -0.120. The van der Waals surface area contributed by atoms with E-state index in [2.05, 4.69) is 20.9 Å². The highest BCUT2D eigenvalue weighted by Crippen LogP contribution is 1.86. The van der Waals surface area contributed by atoms with Crippen LogP contribution in [-0.2, 0) is 9.59 Å². The van der Waals surface area contributed by atoms with Crippen LogP contribution in [0.1, 0.15) is 12.8 Å². The van der Waals surface area contributed by atoms with Crippen molar-refractivity contribution in [2.45, 2.75) is 12.8 Å². The summed E-state index contributed by atoms with van der Waals surface area (Å²) in [6.45, 7) is 0.737. The summed E-state index contributed by atoms with van der Waals surface area (Å²) in [5.41, 5.74) is 0. The zero-order valence-corrected chi connectivity index (χ0v) is 11.0. The Kier molecular flexibility index (Phi) is 18.1. The lowest BCUT2D eigenvalue weighted by atomic mass is 10.4. The normalized spacial score (nSPS) is 8.88. The van der Waals surface area contributed by atoms with Crippen molar-refractivity contribution < 1.29 is 9.59 Å². The molecule has 96 valence electrons. The van der Waals surface area contributed by atoms with Crippen LogP contribution in [0.2, 0.25) is 0 Å². The van der Waals surface area contributed by atoms with Crippen LogP contribution in [0.15, 0.2) is 10.2 Å². The smallest absolute Gasteiger partial charge is 0.221 e. The van der Waals surface area contributed by atoms with Crippen molar-refractivity contribution in [1.82, 2.24) is 10.6 Å². The predicted molar refractivity (Wildman–Crippen MR) is 66.5 cm³/mol. The van der Waals surface area contributed by atoms with Crippen molar-refractivity contribution in [2.24, 2.45) is 10.2 Å². The molecule has 0 saturated heterocycles. The second-order valence-electron chi connectivity index (χ2n) is 2.58. The molecule has 0 aliphatic carbocycles. The lowest BCUT2D eigenvalue weighted by molar-refractivity contribution is -0.121. The SMILES string of the molecule is CNC(=O)CCN=NCCC(=O)NC.Cl.Cl. The summed E-state index contributed by atoms with van der Waals surface area (Å²) >= 11 is 0. The molecule has 0 aliphatic heterocycles. The van der Waals surface area contributed by atoms with Gasteiger partial charge in [-0.3, -0.25) is 9.59 Å². The average molecular weight is 273 g/mol. The maximum absolute atomic E-state index is 10.7. The first kappa shape index (κ1) is 20.5. The van der Waals surface area contributed by atoms with Gasteiger partial charge in [0.25, 0.3) is 0 Å². The van der Waals surface area contributed by atoms with Gasteiger partial charge in [-0.15, -0.1) is 24.8 Å². The topological polar surface area (TPSA) is 82.9 Å². The Bertz CT molecular complexity index is 202. The Morgan fingerprint density at radius 3 is 1.44 bits per heavy atom. The largest absolute Gasteiger partial charge is 0.359 e. The Balaban J connectivity index is -0.000000845. The molecule has 6 nitrogen and oxygen atoms in total. The van der Waals surface area contributed by atoms with Crippen LogP contribution in [0.4, 0.5) is 0 Å². The Morgan fingerprint density at radius 2 is 1.19 bits per heavy atom. The van der Waals surface area contributed by atoms with E-state index in [0.29, 0.717) is 25.9 Å². The van der Waals surface area contributed by atoms with E-state index < -0.39 is 0 Å². The van der Waals surface area contributed by atoms with Gasteiger partial charge in [0.05, 0.1) is 13.1 Å². The van der Waals surface area contributed by atoms with Gasteiger partial charge in [-0.1, -0.05) is 0 Å². The molecule has 0 aromatic rings. The molecule has 0 unspecified atom stereocenters. The molecule has 8 heteroatoms. The molecule has 0 heterocycles. The molecule has 0 bridgehead atoms. The van der Waals surface area contributed by atoms with E-state index in [4.69, 9.17) is 0 Å². The monoisotopic (exact) mass is 272 g/mol. The van der Waals surface area contributed by atoms with Gasteiger partial charge in [0.1, 0.15) is 0 Å². The van der Waals surface area contributed by atoms with Crippen LogP contribution >= 0.6 is 24.8 Å². The third-order valence-electron chi connectivity index (χ3n) is 1.54. The van der Waals surface area contributed by atoms with E-state index in [1.54, 1.807) is 14.1 Å². The summed E-state index contributed by atoms with van der Waals surface area (Å²) in [6, 6.07) is 0. The number of nitrogens with one attached hydrogen (secondary N) is 2. The van der Waals surface area contributed by atoms with Gasteiger partial charge in [-0.2, -0.15) is 10.2 Å². The van der Waals surface area contributed by atoms with Gasteiger partial charge in [0, 0.05) is 26.9 Å². The van der Waals surface area contributed by atoms with Gasteiger partial charge in [-0.05, 0) is 0 Å². The predicted octanol–water partition coefficient (Wildman–Crippen LogP) is 0.554. The summed E-state index contributed by atoms with van der Waals surface area (Å²) < 4.78 is 0. The lowest BCUT2D eigenvalue weighted by Gasteiger charge is -1.95. The molecule has 0 aromatic carbocycles. The van der Waals surface area contributed by atoms with Crippen molar-refractivity contribution in [1.29, 1.82) is 0 Å². The summed E-state index contributed by atoms with van der Waals surface area (Å²) in [6.07, 6.45) is 0.667. The van der Waals surface area contributed by atoms with E-state index in [0.717, 1.165) is 0 Å². The Morgan fingerprint density at radius 1 is 0.875 bits per heavy atom. The Hall–Kier alpha value is -0.880. The fourth-order valence-corrected chi connectivity index (χ4v) is 0.695. The third kappa shape index (κ3) is 13.1. The number of carbonyl (C=O) groups is 2. The van der Waals surface area contributed by atoms with Crippen LogP contribution in [0.5, 0.6) is 0 Å².